The zero-order chi connectivity index (χ0) is 14.5. The second-order valence-corrected chi connectivity index (χ2v) is 7.26. The Kier molecular flexibility index (Phi) is 5.53. The maximum absolute atomic E-state index is 12.0. The van der Waals surface area contributed by atoms with E-state index in [2.05, 4.69) is 10.3 Å². The smallest absolute Gasteiger partial charge is 0.293 e. The van der Waals surface area contributed by atoms with Gasteiger partial charge in [-0.3, -0.25) is 4.79 Å². The number of rotatable bonds is 7. The van der Waals surface area contributed by atoms with Crippen molar-refractivity contribution in [3.63, 3.8) is 0 Å². The second kappa shape index (κ2) is 6.70. The Hall–Kier alpha value is -1.37. The average molecular weight is 287 g/mol. The molecular weight excluding hydrogens is 266 g/mol. The van der Waals surface area contributed by atoms with Crippen LogP contribution in [-0.2, 0) is 16.4 Å². The Bertz CT molecular complexity index is 564. The van der Waals surface area contributed by atoms with Gasteiger partial charge in [0, 0.05) is 31.2 Å². The van der Waals surface area contributed by atoms with Gasteiger partial charge in [0.1, 0.15) is 0 Å². The predicted octanol–water partition coefficient (Wildman–Crippen LogP) is 0.746. The van der Waals surface area contributed by atoms with E-state index in [1.165, 1.54) is 0 Å². The van der Waals surface area contributed by atoms with Crippen LogP contribution in [0.3, 0.4) is 0 Å². The van der Waals surface area contributed by atoms with Crippen molar-refractivity contribution in [2.75, 3.05) is 23.4 Å². The van der Waals surface area contributed by atoms with Crippen LogP contribution in [0.2, 0.25) is 0 Å². The van der Waals surface area contributed by atoms with E-state index in [0.717, 1.165) is 0 Å². The summed E-state index contributed by atoms with van der Waals surface area (Å²) in [7, 11) is -3.03. The van der Waals surface area contributed by atoms with E-state index in [1.54, 1.807) is 23.9 Å². The van der Waals surface area contributed by atoms with Crippen LogP contribution >= 0.6 is 0 Å². The highest BCUT2D eigenvalue weighted by Gasteiger charge is 2.09. The van der Waals surface area contributed by atoms with Gasteiger partial charge in [0.05, 0.1) is 5.75 Å². The minimum absolute atomic E-state index is 0.00367. The molecule has 0 unspecified atom stereocenters. The van der Waals surface area contributed by atoms with E-state index >= 15 is 0 Å². The van der Waals surface area contributed by atoms with Gasteiger partial charge in [-0.15, -0.1) is 0 Å². The summed E-state index contributed by atoms with van der Waals surface area (Å²) in [6, 6.07) is 0. The molecule has 1 rings (SSSR count). The topological polar surface area (TPSA) is 81.1 Å². The lowest BCUT2D eigenvalue weighted by Gasteiger charge is -2.10. The molecule has 1 heterocycles. The number of aromatic nitrogens is 2. The molecule has 19 heavy (non-hydrogen) atoms. The van der Waals surface area contributed by atoms with Crippen molar-refractivity contribution in [2.45, 2.75) is 27.3 Å². The minimum Gasteiger partial charge on any atom is -0.364 e. The first-order valence-corrected chi connectivity index (χ1v) is 8.17. The first kappa shape index (κ1) is 15.7. The molecule has 6 nitrogen and oxygen atoms in total. The maximum atomic E-state index is 12.0. The first-order valence-electron chi connectivity index (χ1n) is 6.35. The standard InChI is InChI=1S/C12H21N3O3S/c1-4-19(17,18)8-6-14-11-12(16)15(7-5-13-11)9-10(2)3/h5,7,10H,4,6,8-9H2,1-3H3,(H,13,14). The van der Waals surface area contributed by atoms with Gasteiger partial charge in [-0.1, -0.05) is 20.8 Å². The third kappa shape index (κ3) is 5.02. The molecule has 0 aliphatic carbocycles. The molecule has 0 amide bonds. The van der Waals surface area contributed by atoms with Crippen molar-refractivity contribution in [3.8, 4) is 0 Å². The first-order chi connectivity index (χ1) is 8.85. The van der Waals surface area contributed by atoms with Gasteiger partial charge in [-0.05, 0) is 5.92 Å². The van der Waals surface area contributed by atoms with Gasteiger partial charge in [0.2, 0.25) is 0 Å². The number of hydrogen-bond acceptors (Lipinski definition) is 5. The number of anilines is 1. The van der Waals surface area contributed by atoms with E-state index in [0.29, 0.717) is 12.5 Å². The van der Waals surface area contributed by atoms with Crippen molar-refractivity contribution in [1.29, 1.82) is 0 Å². The maximum Gasteiger partial charge on any atom is 0.293 e. The fraction of sp³-hybridized carbons (Fsp3) is 0.667. The van der Waals surface area contributed by atoms with E-state index in [1.807, 2.05) is 13.8 Å². The summed E-state index contributed by atoms with van der Waals surface area (Å²) in [5.41, 5.74) is -0.218. The summed E-state index contributed by atoms with van der Waals surface area (Å²) in [5.74, 6) is 0.668. The molecule has 108 valence electrons. The SMILES string of the molecule is CCS(=O)(=O)CCNc1nccn(CC(C)C)c1=O. The van der Waals surface area contributed by atoms with Crippen LogP contribution in [0.1, 0.15) is 20.8 Å². The monoisotopic (exact) mass is 287 g/mol. The number of nitrogens with zero attached hydrogens (tertiary/aromatic N) is 2. The highest BCUT2D eigenvalue weighted by atomic mass is 32.2. The molecule has 0 atom stereocenters. The Morgan fingerprint density at radius 2 is 2.11 bits per heavy atom. The van der Waals surface area contributed by atoms with E-state index in [-0.39, 0.29) is 29.4 Å². The highest BCUT2D eigenvalue weighted by Crippen LogP contribution is 1.99. The molecule has 0 radical (unpaired) electrons. The summed E-state index contributed by atoms with van der Waals surface area (Å²) in [6.07, 6.45) is 3.18. The van der Waals surface area contributed by atoms with Gasteiger partial charge >= 0.3 is 0 Å². The van der Waals surface area contributed by atoms with Gasteiger partial charge in [-0.2, -0.15) is 0 Å². The van der Waals surface area contributed by atoms with Crippen LogP contribution in [0.15, 0.2) is 17.2 Å². The molecule has 0 spiro atoms. The van der Waals surface area contributed by atoms with Gasteiger partial charge in [0.15, 0.2) is 15.7 Å². The summed E-state index contributed by atoms with van der Waals surface area (Å²) in [4.78, 5) is 16.0. The van der Waals surface area contributed by atoms with Crippen molar-refractivity contribution in [2.24, 2.45) is 5.92 Å². The van der Waals surface area contributed by atoms with Crippen LogP contribution in [0, 0.1) is 5.92 Å². The Labute approximate surface area is 113 Å². The van der Waals surface area contributed by atoms with Crippen molar-refractivity contribution in [3.05, 3.63) is 22.7 Å². The fourth-order valence-corrected chi connectivity index (χ4v) is 2.28. The molecule has 0 aliphatic rings. The van der Waals surface area contributed by atoms with E-state index in [9.17, 15) is 13.2 Å². The third-order valence-electron chi connectivity index (χ3n) is 2.62. The zero-order valence-electron chi connectivity index (χ0n) is 11.6. The van der Waals surface area contributed by atoms with Gasteiger partial charge in [-0.25, -0.2) is 13.4 Å². The lowest BCUT2D eigenvalue weighted by atomic mass is 10.2. The quantitative estimate of drug-likeness (QED) is 0.800. The number of sulfone groups is 1. The molecule has 0 aromatic carbocycles. The van der Waals surface area contributed by atoms with Crippen molar-refractivity contribution < 1.29 is 8.42 Å². The minimum atomic E-state index is -3.03. The summed E-state index contributed by atoms with van der Waals surface area (Å²) >= 11 is 0. The van der Waals surface area contributed by atoms with Crippen molar-refractivity contribution >= 4 is 15.7 Å². The van der Waals surface area contributed by atoms with E-state index < -0.39 is 9.84 Å². The highest BCUT2D eigenvalue weighted by molar-refractivity contribution is 7.91. The van der Waals surface area contributed by atoms with Crippen LogP contribution in [0.5, 0.6) is 0 Å². The molecule has 0 aliphatic heterocycles. The summed E-state index contributed by atoms with van der Waals surface area (Å²) in [5, 5.41) is 2.79. The molecule has 0 saturated heterocycles. The number of hydrogen-bond donors (Lipinski definition) is 1. The molecule has 0 fully saturated rings. The zero-order valence-corrected chi connectivity index (χ0v) is 12.4. The normalized spacial score (nSPS) is 11.8. The predicted molar refractivity (Wildman–Crippen MR) is 76.2 cm³/mol. The molecule has 7 heteroatoms. The fourth-order valence-electron chi connectivity index (χ4n) is 1.57. The van der Waals surface area contributed by atoms with Gasteiger partial charge < -0.3 is 9.88 Å². The largest absolute Gasteiger partial charge is 0.364 e. The third-order valence-corrected chi connectivity index (χ3v) is 4.33. The molecular formula is C12H21N3O3S. The Morgan fingerprint density at radius 1 is 1.42 bits per heavy atom. The van der Waals surface area contributed by atoms with E-state index in [4.69, 9.17) is 0 Å². The van der Waals surface area contributed by atoms with Crippen LogP contribution in [0.4, 0.5) is 5.82 Å². The molecule has 1 N–H and O–H groups in total. The molecule has 1 aromatic heterocycles. The van der Waals surface area contributed by atoms with Crippen LogP contribution in [-0.4, -0.2) is 36.0 Å². The average Bonchev–Trinajstić information content (AvgIpc) is 2.33. The molecule has 0 saturated carbocycles. The lowest BCUT2D eigenvalue weighted by molar-refractivity contribution is 0.509. The van der Waals surface area contributed by atoms with Crippen LogP contribution in [0.25, 0.3) is 0 Å². The van der Waals surface area contributed by atoms with Gasteiger partial charge in [0.25, 0.3) is 5.56 Å². The molecule has 1 aromatic rings. The Balaban J connectivity index is 2.72. The lowest BCUT2D eigenvalue weighted by Crippen LogP contribution is -2.27. The second-order valence-electron chi connectivity index (χ2n) is 4.79. The molecule has 0 bridgehead atoms. The van der Waals surface area contributed by atoms with Crippen LogP contribution < -0.4 is 10.9 Å². The number of nitrogens with one attached hydrogen (secondary N) is 1. The van der Waals surface area contributed by atoms with Crippen molar-refractivity contribution in [1.82, 2.24) is 9.55 Å². The Morgan fingerprint density at radius 3 is 2.68 bits per heavy atom. The summed E-state index contributed by atoms with van der Waals surface area (Å²) in [6.45, 7) is 6.46. The summed E-state index contributed by atoms with van der Waals surface area (Å²) < 4.78 is 24.3.